The minimum atomic E-state index is -2.69. The van der Waals surface area contributed by atoms with Gasteiger partial charge in [-0.1, -0.05) is 0 Å². The highest BCUT2D eigenvalue weighted by Crippen LogP contribution is 2.36. The van der Waals surface area contributed by atoms with Gasteiger partial charge in [0.25, 0.3) is 11.5 Å². The van der Waals surface area contributed by atoms with E-state index in [1.807, 2.05) is 0 Å². The molecule has 2 heterocycles. The maximum Gasteiger partial charge on any atom is 0.317 e. The summed E-state index contributed by atoms with van der Waals surface area (Å²) in [6, 6.07) is 0.0608. The molecule has 0 saturated heterocycles. The molecular formula is C12H14F2N4O2. The van der Waals surface area contributed by atoms with E-state index in [2.05, 4.69) is 10.1 Å². The average molecular weight is 284 g/mol. The number of ether oxygens (including phenoxy) is 1. The quantitative estimate of drug-likeness (QED) is 0.856. The first-order valence-electron chi connectivity index (χ1n) is 6.48. The Hall–Kier alpha value is -1.99. The molecule has 0 spiro atoms. The zero-order valence-corrected chi connectivity index (χ0v) is 10.9. The van der Waals surface area contributed by atoms with Gasteiger partial charge in [0.15, 0.2) is 5.52 Å². The molecule has 1 fully saturated rings. The first kappa shape index (κ1) is 13.0. The van der Waals surface area contributed by atoms with Crippen LogP contribution < -0.4 is 10.3 Å². The van der Waals surface area contributed by atoms with Crippen LogP contribution in [0.4, 0.5) is 8.78 Å². The van der Waals surface area contributed by atoms with Crippen LogP contribution in [0.25, 0.3) is 5.52 Å². The van der Waals surface area contributed by atoms with Gasteiger partial charge in [-0.2, -0.15) is 0 Å². The SMILES string of the molecule is CCn1c(OC2CCC(F)(F)C2)nn2cncc2c1=O. The number of nitrogens with zero attached hydrogens (tertiary/aromatic N) is 4. The zero-order chi connectivity index (χ0) is 14.3. The molecule has 2 aromatic rings. The van der Waals surface area contributed by atoms with Crippen molar-refractivity contribution in [1.29, 1.82) is 0 Å². The van der Waals surface area contributed by atoms with Crippen LogP contribution >= 0.6 is 0 Å². The van der Waals surface area contributed by atoms with Gasteiger partial charge in [0, 0.05) is 19.4 Å². The van der Waals surface area contributed by atoms with Gasteiger partial charge >= 0.3 is 6.01 Å². The van der Waals surface area contributed by atoms with Crippen molar-refractivity contribution in [2.45, 2.75) is 44.8 Å². The number of hydrogen-bond acceptors (Lipinski definition) is 4. The Bertz CT molecular complexity index is 694. The van der Waals surface area contributed by atoms with Crippen molar-refractivity contribution < 1.29 is 13.5 Å². The van der Waals surface area contributed by atoms with Crippen molar-refractivity contribution in [3.63, 3.8) is 0 Å². The van der Waals surface area contributed by atoms with Crippen molar-refractivity contribution in [1.82, 2.24) is 19.2 Å². The summed E-state index contributed by atoms with van der Waals surface area (Å²) < 4.78 is 34.5. The Kier molecular flexibility index (Phi) is 2.95. The van der Waals surface area contributed by atoms with Gasteiger partial charge in [0.05, 0.1) is 6.20 Å². The smallest absolute Gasteiger partial charge is 0.317 e. The van der Waals surface area contributed by atoms with Crippen LogP contribution in [0.15, 0.2) is 17.3 Å². The number of hydrogen-bond donors (Lipinski definition) is 0. The summed E-state index contributed by atoms with van der Waals surface area (Å²) in [6.07, 6.45) is 1.91. The molecule has 1 unspecified atom stereocenters. The molecule has 0 N–H and O–H groups in total. The second-order valence-corrected chi connectivity index (χ2v) is 4.89. The molecule has 6 nitrogen and oxygen atoms in total. The molecule has 1 aliphatic rings. The standard InChI is InChI=1S/C12H14F2N4O2/c1-2-17-10(19)9-6-15-7-18(9)16-11(17)20-8-3-4-12(13,14)5-8/h6-8H,2-5H2,1H3. The number of fused-ring (bicyclic) bond motifs is 1. The summed E-state index contributed by atoms with van der Waals surface area (Å²) in [5.74, 6) is -2.69. The molecule has 1 atom stereocenters. The fourth-order valence-electron chi connectivity index (χ4n) is 2.42. The van der Waals surface area contributed by atoms with Crippen LogP contribution in [0, 0.1) is 0 Å². The average Bonchev–Trinajstić information content (AvgIpc) is 2.96. The molecular weight excluding hydrogens is 270 g/mol. The molecule has 0 aromatic carbocycles. The predicted octanol–water partition coefficient (Wildman–Crippen LogP) is 1.48. The monoisotopic (exact) mass is 284 g/mol. The first-order valence-corrected chi connectivity index (χ1v) is 6.48. The molecule has 0 radical (unpaired) electrons. The normalized spacial score (nSPS) is 21.4. The van der Waals surface area contributed by atoms with E-state index in [0.29, 0.717) is 12.1 Å². The summed E-state index contributed by atoms with van der Waals surface area (Å²) >= 11 is 0. The van der Waals surface area contributed by atoms with Crippen LogP contribution in [0.2, 0.25) is 0 Å². The summed E-state index contributed by atoms with van der Waals surface area (Å²) in [5, 5.41) is 4.13. The van der Waals surface area contributed by atoms with Crippen LogP contribution in [0.1, 0.15) is 26.2 Å². The lowest BCUT2D eigenvalue weighted by atomic mass is 10.3. The van der Waals surface area contributed by atoms with Gasteiger partial charge in [-0.3, -0.25) is 9.36 Å². The van der Waals surface area contributed by atoms with Gasteiger partial charge in [-0.05, 0) is 13.3 Å². The molecule has 3 rings (SSSR count). The first-order chi connectivity index (χ1) is 9.50. The molecule has 0 amide bonds. The van der Waals surface area contributed by atoms with Crippen molar-refractivity contribution >= 4 is 5.52 Å². The van der Waals surface area contributed by atoms with E-state index in [1.54, 1.807) is 6.92 Å². The van der Waals surface area contributed by atoms with E-state index in [4.69, 9.17) is 4.74 Å². The summed E-state index contributed by atoms with van der Waals surface area (Å²) in [6.45, 7) is 2.12. The Labute approximate surface area is 113 Å². The third-order valence-corrected chi connectivity index (χ3v) is 3.45. The van der Waals surface area contributed by atoms with Crippen molar-refractivity contribution in [2.24, 2.45) is 0 Å². The van der Waals surface area contributed by atoms with E-state index in [1.165, 1.54) is 21.6 Å². The highest BCUT2D eigenvalue weighted by Gasteiger charge is 2.41. The second kappa shape index (κ2) is 4.53. The van der Waals surface area contributed by atoms with Crippen molar-refractivity contribution in [3.05, 3.63) is 22.9 Å². The Morgan fingerprint density at radius 2 is 2.35 bits per heavy atom. The van der Waals surface area contributed by atoms with Crippen LogP contribution in [-0.4, -0.2) is 31.2 Å². The largest absolute Gasteiger partial charge is 0.460 e. The van der Waals surface area contributed by atoms with Gasteiger partial charge < -0.3 is 4.74 Å². The zero-order valence-electron chi connectivity index (χ0n) is 10.9. The minimum absolute atomic E-state index is 0.0608. The van der Waals surface area contributed by atoms with Crippen LogP contribution in [0.5, 0.6) is 6.01 Å². The molecule has 8 heteroatoms. The molecule has 1 saturated carbocycles. The van der Waals surface area contributed by atoms with Gasteiger partial charge in [-0.25, -0.2) is 18.3 Å². The topological polar surface area (TPSA) is 61.4 Å². The molecule has 20 heavy (non-hydrogen) atoms. The number of rotatable bonds is 3. The van der Waals surface area contributed by atoms with Gasteiger partial charge in [-0.15, -0.1) is 5.10 Å². The van der Waals surface area contributed by atoms with Crippen LogP contribution in [0.3, 0.4) is 0 Å². The molecule has 2 aromatic heterocycles. The fraction of sp³-hybridized carbons (Fsp3) is 0.583. The second-order valence-electron chi connectivity index (χ2n) is 4.89. The highest BCUT2D eigenvalue weighted by molar-refractivity contribution is 5.41. The summed E-state index contributed by atoms with van der Waals surface area (Å²) in [7, 11) is 0. The van der Waals surface area contributed by atoms with Crippen molar-refractivity contribution in [2.75, 3.05) is 0 Å². The van der Waals surface area contributed by atoms with E-state index < -0.39 is 12.0 Å². The Balaban J connectivity index is 1.96. The molecule has 0 aliphatic heterocycles. The molecule has 0 bridgehead atoms. The molecule has 108 valence electrons. The summed E-state index contributed by atoms with van der Waals surface area (Å²) in [4.78, 5) is 16.0. The van der Waals surface area contributed by atoms with E-state index in [-0.39, 0.29) is 30.8 Å². The number of imidazole rings is 1. The lowest BCUT2D eigenvalue weighted by Crippen LogP contribution is -2.28. The van der Waals surface area contributed by atoms with E-state index >= 15 is 0 Å². The third-order valence-electron chi connectivity index (χ3n) is 3.45. The van der Waals surface area contributed by atoms with Crippen molar-refractivity contribution in [3.8, 4) is 6.01 Å². The fourth-order valence-corrected chi connectivity index (χ4v) is 2.42. The summed E-state index contributed by atoms with van der Waals surface area (Å²) in [5.41, 5.74) is 0.0377. The Morgan fingerprint density at radius 3 is 3.00 bits per heavy atom. The maximum absolute atomic E-state index is 13.2. The minimum Gasteiger partial charge on any atom is -0.460 e. The number of aromatic nitrogens is 4. The highest BCUT2D eigenvalue weighted by atomic mass is 19.3. The van der Waals surface area contributed by atoms with Gasteiger partial charge in [0.1, 0.15) is 12.4 Å². The number of halogens is 2. The number of alkyl halides is 2. The van der Waals surface area contributed by atoms with Crippen LogP contribution in [-0.2, 0) is 6.54 Å². The lowest BCUT2D eigenvalue weighted by molar-refractivity contribution is -0.00231. The van der Waals surface area contributed by atoms with Gasteiger partial charge in [0.2, 0.25) is 0 Å². The predicted molar refractivity (Wildman–Crippen MR) is 66.1 cm³/mol. The van der Waals surface area contributed by atoms with E-state index in [9.17, 15) is 13.6 Å². The van der Waals surface area contributed by atoms with E-state index in [0.717, 1.165) is 0 Å². The third kappa shape index (κ3) is 2.14. The lowest BCUT2D eigenvalue weighted by Gasteiger charge is -2.16. The molecule has 1 aliphatic carbocycles. The Morgan fingerprint density at radius 1 is 1.55 bits per heavy atom. The maximum atomic E-state index is 13.2.